The number of allylic oxidation sites excluding steroid dienone is 3. The number of halogens is 3. The Morgan fingerprint density at radius 3 is 2.70 bits per heavy atom. The van der Waals surface area contributed by atoms with E-state index in [1.165, 1.54) is 12.1 Å². The summed E-state index contributed by atoms with van der Waals surface area (Å²) in [5, 5.41) is 0. The Kier molecular flexibility index (Phi) is 10.3. The minimum absolute atomic E-state index is 0.0108. The molecule has 182 valence electrons. The highest BCUT2D eigenvalue weighted by Gasteiger charge is 2.41. The highest BCUT2D eigenvalue weighted by atomic mass is 19.4. The fourth-order valence-electron chi connectivity index (χ4n) is 4.32. The molecule has 5 atom stereocenters. The van der Waals surface area contributed by atoms with Crippen LogP contribution in [0.3, 0.4) is 0 Å². The van der Waals surface area contributed by atoms with Crippen molar-refractivity contribution in [1.82, 2.24) is 0 Å². The first kappa shape index (κ1) is 26.7. The Balaban J connectivity index is 1.95. The molecular formula is C27H35F3O3. The van der Waals surface area contributed by atoms with Gasteiger partial charge in [0.2, 0.25) is 0 Å². The summed E-state index contributed by atoms with van der Waals surface area (Å²) in [5.41, 5.74) is -0.722. The minimum atomic E-state index is -4.39. The van der Waals surface area contributed by atoms with Crippen molar-refractivity contribution in [2.45, 2.75) is 58.2 Å². The van der Waals surface area contributed by atoms with Gasteiger partial charge in [-0.2, -0.15) is 13.2 Å². The second-order valence-electron chi connectivity index (χ2n) is 8.89. The molecule has 0 bridgehead atoms. The Bertz CT molecular complexity index is 815. The van der Waals surface area contributed by atoms with Gasteiger partial charge in [0.25, 0.3) is 0 Å². The molecule has 1 fully saturated rings. The number of esters is 1. The van der Waals surface area contributed by atoms with Gasteiger partial charge >= 0.3 is 12.1 Å². The van der Waals surface area contributed by atoms with E-state index in [2.05, 4.69) is 26.2 Å². The normalized spacial score (nSPS) is 23.9. The molecule has 0 heterocycles. The first-order valence-corrected chi connectivity index (χ1v) is 11.5. The Hall–Kier alpha value is -2.50. The monoisotopic (exact) mass is 464 g/mol. The largest absolute Gasteiger partial charge is 0.493 e. The standard InChI is InChI=1S/C27H35F3O3/c1-5-7-8-13-26(31)33-25-16-20(4)23(24(25)10-6-2)15-14-19(3)18-32-22-12-9-11-21(17-22)27(28,29)30/h5-6,9,11-12,14-15,17,19-20,23-25H,1-2,7-8,10,13,16,18H2,3-4H3/b15-14+/t19-,20-,23+,24-,25+/m1/s1. The summed E-state index contributed by atoms with van der Waals surface area (Å²) < 4.78 is 50.0. The fraction of sp³-hybridized carbons (Fsp3) is 0.519. The van der Waals surface area contributed by atoms with Crippen LogP contribution in [0.1, 0.15) is 51.5 Å². The van der Waals surface area contributed by atoms with E-state index in [0.29, 0.717) is 12.3 Å². The molecule has 0 amide bonds. The third kappa shape index (κ3) is 8.41. The van der Waals surface area contributed by atoms with Gasteiger partial charge < -0.3 is 9.47 Å². The number of carbonyl (C=O) groups is 1. The number of benzene rings is 1. The number of hydrogen-bond acceptors (Lipinski definition) is 3. The van der Waals surface area contributed by atoms with Crippen LogP contribution in [0.25, 0.3) is 0 Å². The van der Waals surface area contributed by atoms with E-state index in [0.717, 1.165) is 37.8 Å². The zero-order valence-electron chi connectivity index (χ0n) is 19.5. The SMILES string of the molecule is C=CCCCC(=O)O[C@H]1C[C@@H](C)[C@H](/C=C/[C@@H](C)COc2cccc(C(F)(F)F)c2)[C@H]1CC=C. The Morgan fingerprint density at radius 1 is 1.27 bits per heavy atom. The molecule has 1 saturated carbocycles. The average molecular weight is 465 g/mol. The van der Waals surface area contributed by atoms with Crippen molar-refractivity contribution in [3.8, 4) is 5.75 Å². The molecule has 6 heteroatoms. The number of alkyl halides is 3. The second-order valence-corrected chi connectivity index (χ2v) is 8.89. The van der Waals surface area contributed by atoms with E-state index in [1.807, 2.05) is 19.1 Å². The van der Waals surface area contributed by atoms with E-state index in [1.54, 1.807) is 6.08 Å². The van der Waals surface area contributed by atoms with Crippen molar-refractivity contribution >= 4 is 5.97 Å². The van der Waals surface area contributed by atoms with Crippen LogP contribution in [0.4, 0.5) is 13.2 Å². The van der Waals surface area contributed by atoms with Crippen LogP contribution < -0.4 is 4.74 Å². The van der Waals surface area contributed by atoms with Gasteiger partial charge in [0.05, 0.1) is 12.2 Å². The van der Waals surface area contributed by atoms with Crippen LogP contribution in [0.5, 0.6) is 5.75 Å². The minimum Gasteiger partial charge on any atom is -0.493 e. The summed E-state index contributed by atoms with van der Waals surface area (Å²) in [6.45, 7) is 11.9. The predicted octanol–water partition coefficient (Wildman–Crippen LogP) is 7.39. The van der Waals surface area contributed by atoms with Crippen molar-refractivity contribution in [2.75, 3.05) is 6.61 Å². The summed E-state index contributed by atoms with van der Waals surface area (Å²) >= 11 is 0. The first-order valence-electron chi connectivity index (χ1n) is 11.5. The third-order valence-corrected chi connectivity index (χ3v) is 6.08. The van der Waals surface area contributed by atoms with Gasteiger partial charge in [-0.3, -0.25) is 4.79 Å². The van der Waals surface area contributed by atoms with Crippen molar-refractivity contribution in [2.24, 2.45) is 23.7 Å². The van der Waals surface area contributed by atoms with Gasteiger partial charge in [-0.15, -0.1) is 13.2 Å². The molecule has 0 aliphatic heterocycles. The van der Waals surface area contributed by atoms with Gasteiger partial charge in [0.15, 0.2) is 0 Å². The van der Waals surface area contributed by atoms with E-state index >= 15 is 0 Å². The van der Waals surface area contributed by atoms with Crippen molar-refractivity contribution in [3.05, 3.63) is 67.3 Å². The third-order valence-electron chi connectivity index (χ3n) is 6.08. The Labute approximate surface area is 195 Å². The van der Waals surface area contributed by atoms with Crippen molar-refractivity contribution in [3.63, 3.8) is 0 Å². The highest BCUT2D eigenvalue weighted by molar-refractivity contribution is 5.69. The molecule has 0 spiro atoms. The smallest absolute Gasteiger partial charge is 0.416 e. The van der Waals surface area contributed by atoms with E-state index in [-0.39, 0.29) is 42.2 Å². The average Bonchev–Trinajstić information content (AvgIpc) is 3.04. The predicted molar refractivity (Wildman–Crippen MR) is 125 cm³/mol. The number of ether oxygens (including phenoxy) is 2. The first-order chi connectivity index (χ1) is 15.7. The molecule has 0 saturated heterocycles. The lowest BCUT2D eigenvalue weighted by atomic mass is 9.86. The van der Waals surface area contributed by atoms with Gasteiger partial charge in [-0.25, -0.2) is 0 Å². The molecule has 1 aliphatic carbocycles. The Morgan fingerprint density at radius 2 is 2.03 bits per heavy atom. The topological polar surface area (TPSA) is 35.5 Å². The van der Waals surface area contributed by atoms with Gasteiger partial charge in [0, 0.05) is 18.3 Å². The van der Waals surface area contributed by atoms with E-state index in [9.17, 15) is 18.0 Å². The van der Waals surface area contributed by atoms with Crippen LogP contribution in [0.15, 0.2) is 61.7 Å². The molecule has 0 unspecified atom stereocenters. The summed E-state index contributed by atoms with van der Waals surface area (Å²) in [4.78, 5) is 12.2. The van der Waals surface area contributed by atoms with Crippen LogP contribution in [0.2, 0.25) is 0 Å². The second kappa shape index (κ2) is 12.7. The van der Waals surface area contributed by atoms with Crippen LogP contribution in [-0.2, 0) is 15.7 Å². The number of unbranched alkanes of at least 4 members (excludes halogenated alkanes) is 1. The van der Waals surface area contributed by atoms with Crippen LogP contribution in [0, 0.1) is 23.7 Å². The van der Waals surface area contributed by atoms with Gasteiger partial charge in [-0.1, -0.05) is 44.2 Å². The van der Waals surface area contributed by atoms with Gasteiger partial charge in [0.1, 0.15) is 11.9 Å². The number of rotatable bonds is 12. The molecule has 0 radical (unpaired) electrons. The molecule has 1 aromatic rings. The molecule has 3 nitrogen and oxygen atoms in total. The molecular weight excluding hydrogens is 429 g/mol. The lowest BCUT2D eigenvalue weighted by Gasteiger charge is -2.23. The van der Waals surface area contributed by atoms with Crippen molar-refractivity contribution < 1.29 is 27.4 Å². The maximum absolute atomic E-state index is 12.9. The zero-order valence-corrected chi connectivity index (χ0v) is 19.5. The number of hydrogen-bond donors (Lipinski definition) is 0. The number of carbonyl (C=O) groups excluding carboxylic acids is 1. The zero-order chi connectivity index (χ0) is 24.4. The van der Waals surface area contributed by atoms with Gasteiger partial charge in [-0.05, 0) is 55.7 Å². The van der Waals surface area contributed by atoms with Crippen LogP contribution in [-0.4, -0.2) is 18.7 Å². The van der Waals surface area contributed by atoms with Crippen molar-refractivity contribution in [1.29, 1.82) is 0 Å². The fourth-order valence-corrected chi connectivity index (χ4v) is 4.32. The molecule has 0 N–H and O–H groups in total. The lowest BCUT2D eigenvalue weighted by molar-refractivity contribution is -0.151. The molecule has 33 heavy (non-hydrogen) atoms. The lowest BCUT2D eigenvalue weighted by Crippen LogP contribution is -2.24. The summed E-state index contributed by atoms with van der Waals surface area (Å²) in [5.74, 6) is 0.770. The quantitative estimate of drug-likeness (QED) is 0.184. The summed E-state index contributed by atoms with van der Waals surface area (Å²) in [7, 11) is 0. The maximum Gasteiger partial charge on any atom is 0.416 e. The highest BCUT2D eigenvalue weighted by Crippen LogP contribution is 2.42. The van der Waals surface area contributed by atoms with E-state index in [4.69, 9.17) is 9.47 Å². The molecule has 2 rings (SSSR count). The molecule has 1 aliphatic rings. The van der Waals surface area contributed by atoms with E-state index < -0.39 is 11.7 Å². The summed E-state index contributed by atoms with van der Waals surface area (Å²) in [6.07, 6.45) is 6.78. The molecule has 0 aromatic heterocycles. The maximum atomic E-state index is 12.9. The molecule has 1 aromatic carbocycles. The van der Waals surface area contributed by atoms with Crippen LogP contribution >= 0.6 is 0 Å². The summed E-state index contributed by atoms with van der Waals surface area (Å²) in [6, 6.07) is 4.92.